The summed E-state index contributed by atoms with van der Waals surface area (Å²) in [4.78, 5) is 2.72. The summed E-state index contributed by atoms with van der Waals surface area (Å²) in [6.07, 6.45) is 7.86. The number of hydrogen-bond acceptors (Lipinski definition) is 1. The maximum absolute atomic E-state index is 2.72. The molecule has 152 valence electrons. The fourth-order valence-corrected chi connectivity index (χ4v) is 5.23. The van der Waals surface area contributed by atoms with Crippen LogP contribution in [0, 0.1) is 6.92 Å². The molecule has 3 heteroatoms. The van der Waals surface area contributed by atoms with Gasteiger partial charge in [0.05, 0.1) is 26.7 Å². The van der Waals surface area contributed by atoms with Crippen LogP contribution in [-0.2, 0) is 12.8 Å². The molecule has 1 fully saturated rings. The zero-order valence-corrected chi connectivity index (χ0v) is 19.9. The highest BCUT2D eigenvalue weighted by Gasteiger charge is 2.33. The maximum Gasteiger partial charge on any atom is 0.0903 e. The van der Waals surface area contributed by atoms with Crippen LogP contribution in [-0.4, -0.2) is 43.8 Å². The van der Waals surface area contributed by atoms with E-state index in [0.29, 0.717) is 6.04 Å². The lowest BCUT2D eigenvalue weighted by Crippen LogP contribution is -3.00. The van der Waals surface area contributed by atoms with E-state index in [1.54, 1.807) is 11.1 Å². The summed E-state index contributed by atoms with van der Waals surface area (Å²) in [5, 5.41) is 0. The van der Waals surface area contributed by atoms with Crippen molar-refractivity contribution in [2.24, 2.45) is 0 Å². The van der Waals surface area contributed by atoms with Gasteiger partial charge < -0.3 is 33.4 Å². The minimum Gasteiger partial charge on any atom is -1.00 e. The standard InChI is InChI=1S/C25H35N2.HI/c1-20-11-13-23(14-12-20)26(16-15-25-10-6-7-17-27(25,2)3)24-18-21-8-4-5-9-22(21)19-24;/h4-5,8-9,11-14,24-25H,6-7,10,15-19H2,1-3H3;1H/q+1;/p-1. The van der Waals surface area contributed by atoms with Crippen LogP contribution >= 0.6 is 0 Å². The lowest BCUT2D eigenvalue weighted by atomic mass is 9.96. The Morgan fingerprint density at radius 3 is 2.18 bits per heavy atom. The van der Waals surface area contributed by atoms with Crippen molar-refractivity contribution in [3.63, 3.8) is 0 Å². The Bertz CT molecular complexity index is 743. The smallest absolute Gasteiger partial charge is 0.0903 e. The van der Waals surface area contributed by atoms with Gasteiger partial charge >= 0.3 is 0 Å². The Morgan fingerprint density at radius 1 is 0.929 bits per heavy atom. The molecule has 0 N–H and O–H groups in total. The van der Waals surface area contributed by atoms with Crippen molar-refractivity contribution in [2.75, 3.05) is 32.1 Å². The molecular formula is C25H35IN2. The number of quaternary nitrogens is 1. The Kier molecular flexibility index (Phi) is 7.08. The van der Waals surface area contributed by atoms with Gasteiger partial charge in [0.1, 0.15) is 0 Å². The van der Waals surface area contributed by atoms with Gasteiger partial charge in [-0.2, -0.15) is 0 Å². The van der Waals surface area contributed by atoms with E-state index >= 15 is 0 Å². The molecule has 1 aliphatic heterocycles. The van der Waals surface area contributed by atoms with Gasteiger partial charge in [-0.3, -0.25) is 0 Å². The molecule has 2 aliphatic rings. The van der Waals surface area contributed by atoms with Crippen LogP contribution in [0.25, 0.3) is 0 Å². The lowest BCUT2D eigenvalue weighted by molar-refractivity contribution is -0.920. The number of rotatable bonds is 5. The van der Waals surface area contributed by atoms with E-state index in [4.69, 9.17) is 0 Å². The van der Waals surface area contributed by atoms with Crippen LogP contribution in [0.4, 0.5) is 5.69 Å². The van der Waals surface area contributed by atoms with Gasteiger partial charge in [0.25, 0.3) is 0 Å². The number of nitrogens with zero attached hydrogens (tertiary/aromatic N) is 2. The monoisotopic (exact) mass is 490 g/mol. The van der Waals surface area contributed by atoms with Crippen LogP contribution in [0.15, 0.2) is 48.5 Å². The summed E-state index contributed by atoms with van der Waals surface area (Å²) in [6, 6.07) is 19.6. The average Bonchev–Trinajstić information content (AvgIpc) is 3.08. The normalized spacial score (nSPS) is 21.0. The molecule has 0 saturated carbocycles. The molecule has 0 bridgehead atoms. The molecule has 1 saturated heterocycles. The molecule has 0 amide bonds. The van der Waals surface area contributed by atoms with Crippen LogP contribution in [0.2, 0.25) is 0 Å². The largest absolute Gasteiger partial charge is 1.00 e. The number of hydrogen-bond donors (Lipinski definition) is 0. The quantitative estimate of drug-likeness (QED) is 0.458. The number of anilines is 1. The molecule has 1 unspecified atom stereocenters. The Hall–Kier alpha value is -1.07. The third-order valence-electron chi connectivity index (χ3n) is 7.05. The summed E-state index contributed by atoms with van der Waals surface area (Å²) in [5.74, 6) is 0. The minimum absolute atomic E-state index is 0. The molecule has 1 heterocycles. The summed E-state index contributed by atoms with van der Waals surface area (Å²) in [5.41, 5.74) is 5.85. The van der Waals surface area contributed by atoms with Crippen LogP contribution in [0.1, 0.15) is 42.4 Å². The first-order valence-corrected chi connectivity index (χ1v) is 10.8. The highest BCUT2D eigenvalue weighted by atomic mass is 127. The highest BCUT2D eigenvalue weighted by Crippen LogP contribution is 2.31. The molecule has 1 aliphatic carbocycles. The zero-order valence-electron chi connectivity index (χ0n) is 17.7. The highest BCUT2D eigenvalue weighted by molar-refractivity contribution is 5.50. The summed E-state index contributed by atoms with van der Waals surface area (Å²) in [7, 11) is 4.87. The number of fused-ring (bicyclic) bond motifs is 1. The Balaban J connectivity index is 0.00000225. The predicted molar refractivity (Wildman–Crippen MR) is 115 cm³/mol. The van der Waals surface area contributed by atoms with Gasteiger partial charge in [0.2, 0.25) is 0 Å². The topological polar surface area (TPSA) is 3.24 Å². The fraction of sp³-hybridized carbons (Fsp3) is 0.520. The van der Waals surface area contributed by atoms with Crippen molar-refractivity contribution in [1.29, 1.82) is 0 Å². The van der Waals surface area contributed by atoms with Crippen molar-refractivity contribution < 1.29 is 28.5 Å². The number of halogens is 1. The first-order valence-electron chi connectivity index (χ1n) is 10.8. The summed E-state index contributed by atoms with van der Waals surface area (Å²) < 4.78 is 1.20. The molecule has 4 rings (SSSR count). The number of likely N-dealkylation sites (tertiary alicyclic amines) is 1. The Morgan fingerprint density at radius 2 is 1.57 bits per heavy atom. The van der Waals surface area contributed by atoms with Crippen LogP contribution in [0.5, 0.6) is 0 Å². The van der Waals surface area contributed by atoms with E-state index in [0.717, 1.165) is 6.04 Å². The maximum atomic E-state index is 2.72. The summed E-state index contributed by atoms with van der Waals surface area (Å²) >= 11 is 0. The van der Waals surface area contributed by atoms with E-state index < -0.39 is 0 Å². The van der Waals surface area contributed by atoms with E-state index in [-0.39, 0.29) is 24.0 Å². The minimum atomic E-state index is 0. The first kappa shape index (κ1) is 21.6. The second kappa shape index (κ2) is 9.17. The lowest BCUT2D eigenvalue weighted by Gasteiger charge is -2.43. The van der Waals surface area contributed by atoms with Gasteiger partial charge in [0, 0.05) is 24.7 Å². The van der Waals surface area contributed by atoms with Gasteiger partial charge in [0.15, 0.2) is 0 Å². The Labute approximate surface area is 188 Å². The molecule has 2 aromatic carbocycles. The molecule has 0 spiro atoms. The van der Waals surface area contributed by atoms with E-state index in [1.807, 2.05) is 0 Å². The number of aryl methyl sites for hydroxylation is 1. The number of benzene rings is 2. The van der Waals surface area contributed by atoms with Crippen molar-refractivity contribution in [1.82, 2.24) is 0 Å². The number of piperidine rings is 1. The van der Waals surface area contributed by atoms with Gasteiger partial charge in [-0.15, -0.1) is 0 Å². The zero-order chi connectivity index (χ0) is 18.9. The van der Waals surface area contributed by atoms with Gasteiger partial charge in [-0.05, 0) is 62.3 Å². The third-order valence-corrected chi connectivity index (χ3v) is 7.05. The predicted octanol–water partition coefficient (Wildman–Crippen LogP) is 1.99. The fourth-order valence-electron chi connectivity index (χ4n) is 5.23. The van der Waals surface area contributed by atoms with Gasteiger partial charge in [-0.25, -0.2) is 0 Å². The second-order valence-electron chi connectivity index (χ2n) is 9.30. The van der Waals surface area contributed by atoms with Gasteiger partial charge in [-0.1, -0.05) is 42.0 Å². The molecule has 28 heavy (non-hydrogen) atoms. The van der Waals surface area contributed by atoms with Crippen LogP contribution < -0.4 is 28.9 Å². The molecular weight excluding hydrogens is 455 g/mol. The molecule has 1 atom stereocenters. The van der Waals surface area contributed by atoms with E-state index in [1.165, 1.54) is 67.3 Å². The SMILES string of the molecule is Cc1ccc(N(CCC2CCCC[N+]2(C)C)C2Cc3ccccc3C2)cc1.[I-]. The van der Waals surface area contributed by atoms with E-state index in [9.17, 15) is 0 Å². The molecule has 2 aromatic rings. The summed E-state index contributed by atoms with van der Waals surface area (Å²) in [6.45, 7) is 4.69. The van der Waals surface area contributed by atoms with Crippen molar-refractivity contribution in [2.45, 2.75) is 57.5 Å². The van der Waals surface area contributed by atoms with Crippen LogP contribution in [0.3, 0.4) is 0 Å². The molecule has 0 radical (unpaired) electrons. The second-order valence-corrected chi connectivity index (χ2v) is 9.30. The van der Waals surface area contributed by atoms with Crippen molar-refractivity contribution in [3.05, 3.63) is 65.2 Å². The van der Waals surface area contributed by atoms with Crippen molar-refractivity contribution in [3.8, 4) is 0 Å². The first-order chi connectivity index (χ1) is 13.0. The van der Waals surface area contributed by atoms with E-state index in [2.05, 4.69) is 74.4 Å². The van der Waals surface area contributed by atoms with Crippen molar-refractivity contribution >= 4 is 5.69 Å². The average molecular weight is 490 g/mol. The third kappa shape index (κ3) is 4.73. The molecule has 2 nitrogen and oxygen atoms in total. The molecule has 0 aromatic heterocycles.